The van der Waals surface area contributed by atoms with Crippen LogP contribution in [0.25, 0.3) is 0 Å². The second-order valence-corrected chi connectivity index (χ2v) is 3.89. The molecule has 0 bridgehead atoms. The van der Waals surface area contributed by atoms with E-state index < -0.39 is 0 Å². The van der Waals surface area contributed by atoms with E-state index in [1.165, 1.54) is 10.9 Å². The van der Waals surface area contributed by atoms with Gasteiger partial charge in [0.2, 0.25) is 5.91 Å². The fraction of sp³-hybridized carbons (Fsp3) is 0.250. The molecule has 94 valence electrons. The first-order valence-electron chi connectivity index (χ1n) is 5.68. The molecule has 2 rings (SSSR count). The molecule has 0 saturated carbocycles. The van der Waals surface area contributed by atoms with Crippen LogP contribution in [0.15, 0.2) is 36.8 Å². The number of rotatable bonds is 5. The molecule has 0 saturated heterocycles. The van der Waals surface area contributed by atoms with Crippen molar-refractivity contribution >= 4 is 11.6 Å². The molecule has 0 aromatic carbocycles. The van der Waals surface area contributed by atoms with Crippen LogP contribution in [0, 0.1) is 0 Å². The monoisotopic (exact) mass is 245 g/mol. The highest BCUT2D eigenvalue weighted by Crippen LogP contribution is 1.97. The van der Waals surface area contributed by atoms with Gasteiger partial charge in [0.15, 0.2) is 0 Å². The van der Waals surface area contributed by atoms with E-state index in [-0.39, 0.29) is 12.5 Å². The summed E-state index contributed by atoms with van der Waals surface area (Å²) in [5.74, 6) is -0.0889. The summed E-state index contributed by atoms with van der Waals surface area (Å²) in [5.41, 5.74) is 7.02. The zero-order valence-corrected chi connectivity index (χ0v) is 9.91. The Morgan fingerprint density at radius 2 is 2.33 bits per heavy atom. The number of nitrogens with one attached hydrogen (secondary N) is 1. The zero-order valence-electron chi connectivity index (χ0n) is 9.91. The van der Waals surface area contributed by atoms with E-state index >= 15 is 0 Å². The lowest BCUT2D eigenvalue weighted by molar-refractivity contribution is -0.121. The van der Waals surface area contributed by atoms with Crippen LogP contribution < -0.4 is 11.1 Å². The molecule has 1 amide bonds. The van der Waals surface area contributed by atoms with Crippen LogP contribution in [0.4, 0.5) is 5.69 Å². The molecule has 0 aliphatic rings. The van der Waals surface area contributed by atoms with Crippen molar-refractivity contribution in [2.24, 2.45) is 0 Å². The summed E-state index contributed by atoms with van der Waals surface area (Å²) in [6.07, 6.45) is 5.59. The van der Waals surface area contributed by atoms with E-state index in [1.54, 1.807) is 12.4 Å². The maximum absolute atomic E-state index is 11.6. The van der Waals surface area contributed by atoms with Gasteiger partial charge in [-0.3, -0.25) is 14.5 Å². The van der Waals surface area contributed by atoms with Gasteiger partial charge in [-0.1, -0.05) is 6.07 Å². The number of anilines is 1. The highest BCUT2D eigenvalue weighted by atomic mass is 16.2. The predicted molar refractivity (Wildman–Crippen MR) is 67.6 cm³/mol. The minimum absolute atomic E-state index is 0.0889. The standard InChI is InChI=1S/C12H15N5O/c13-10-7-16-17(8-10)9-12(18)15-6-4-11-3-1-2-5-14-11/h1-3,5,7-8H,4,6,9,13H2,(H,15,18). The summed E-state index contributed by atoms with van der Waals surface area (Å²) in [7, 11) is 0. The van der Waals surface area contributed by atoms with Crippen LogP contribution in [-0.4, -0.2) is 27.2 Å². The van der Waals surface area contributed by atoms with Crippen molar-refractivity contribution in [3.05, 3.63) is 42.5 Å². The SMILES string of the molecule is Nc1cnn(CC(=O)NCCc2ccccn2)c1. The van der Waals surface area contributed by atoms with Gasteiger partial charge in [0.05, 0.1) is 11.9 Å². The maximum Gasteiger partial charge on any atom is 0.241 e. The molecule has 3 N–H and O–H groups in total. The second kappa shape index (κ2) is 5.81. The Balaban J connectivity index is 1.72. The number of carbonyl (C=O) groups is 1. The summed E-state index contributed by atoms with van der Waals surface area (Å²) in [6.45, 7) is 0.742. The Kier molecular flexibility index (Phi) is 3.90. The van der Waals surface area contributed by atoms with Gasteiger partial charge in [0.1, 0.15) is 6.54 Å². The van der Waals surface area contributed by atoms with Gasteiger partial charge in [0.25, 0.3) is 0 Å². The summed E-state index contributed by atoms with van der Waals surface area (Å²) in [4.78, 5) is 15.8. The molecule has 0 atom stereocenters. The summed E-state index contributed by atoms with van der Waals surface area (Å²) >= 11 is 0. The second-order valence-electron chi connectivity index (χ2n) is 3.89. The number of nitrogens with two attached hydrogens (primary N) is 1. The average Bonchev–Trinajstić information content (AvgIpc) is 2.76. The molecule has 18 heavy (non-hydrogen) atoms. The maximum atomic E-state index is 11.6. The zero-order chi connectivity index (χ0) is 12.8. The van der Waals surface area contributed by atoms with Gasteiger partial charge >= 0.3 is 0 Å². The lowest BCUT2D eigenvalue weighted by atomic mass is 10.3. The highest BCUT2D eigenvalue weighted by Gasteiger charge is 2.03. The van der Waals surface area contributed by atoms with Crippen LogP contribution in [0.2, 0.25) is 0 Å². The Bertz CT molecular complexity index is 508. The van der Waals surface area contributed by atoms with Gasteiger partial charge < -0.3 is 11.1 Å². The van der Waals surface area contributed by atoms with Crippen LogP contribution in [0.5, 0.6) is 0 Å². The number of hydrogen-bond donors (Lipinski definition) is 2. The third kappa shape index (κ3) is 3.58. The van der Waals surface area contributed by atoms with E-state index in [9.17, 15) is 4.79 Å². The van der Waals surface area contributed by atoms with Crippen molar-refractivity contribution in [2.75, 3.05) is 12.3 Å². The minimum Gasteiger partial charge on any atom is -0.396 e. The van der Waals surface area contributed by atoms with Crippen molar-refractivity contribution in [1.29, 1.82) is 0 Å². The minimum atomic E-state index is -0.0889. The first-order chi connectivity index (χ1) is 8.74. The van der Waals surface area contributed by atoms with Crippen LogP contribution >= 0.6 is 0 Å². The first kappa shape index (κ1) is 12.1. The van der Waals surface area contributed by atoms with Gasteiger partial charge in [-0.15, -0.1) is 0 Å². The largest absolute Gasteiger partial charge is 0.396 e. The molecular formula is C12H15N5O. The molecule has 6 nitrogen and oxygen atoms in total. The lowest BCUT2D eigenvalue weighted by Crippen LogP contribution is -2.29. The molecule has 0 unspecified atom stereocenters. The first-order valence-corrected chi connectivity index (χ1v) is 5.68. The Labute approximate surface area is 105 Å². The van der Waals surface area contributed by atoms with E-state index in [0.29, 0.717) is 18.7 Å². The third-order valence-corrected chi connectivity index (χ3v) is 2.39. The molecule has 0 spiro atoms. The molecule has 2 heterocycles. The van der Waals surface area contributed by atoms with Crippen molar-refractivity contribution in [3.8, 4) is 0 Å². The fourth-order valence-corrected chi connectivity index (χ4v) is 1.55. The van der Waals surface area contributed by atoms with E-state index in [0.717, 1.165) is 5.69 Å². The summed E-state index contributed by atoms with van der Waals surface area (Å²) in [6, 6.07) is 5.72. The van der Waals surface area contributed by atoms with Gasteiger partial charge in [-0.2, -0.15) is 5.10 Å². The number of carbonyl (C=O) groups excluding carboxylic acids is 1. The van der Waals surface area contributed by atoms with Gasteiger partial charge in [-0.25, -0.2) is 0 Å². The van der Waals surface area contributed by atoms with E-state index in [1.807, 2.05) is 18.2 Å². The van der Waals surface area contributed by atoms with Crippen molar-refractivity contribution < 1.29 is 4.79 Å². The smallest absolute Gasteiger partial charge is 0.241 e. The molecule has 2 aromatic rings. The fourth-order valence-electron chi connectivity index (χ4n) is 1.55. The van der Waals surface area contributed by atoms with Crippen LogP contribution in [0.1, 0.15) is 5.69 Å². The Morgan fingerprint density at radius 1 is 1.44 bits per heavy atom. The van der Waals surface area contributed by atoms with E-state index in [4.69, 9.17) is 5.73 Å². The summed E-state index contributed by atoms with van der Waals surface area (Å²) < 4.78 is 1.51. The van der Waals surface area contributed by atoms with Crippen LogP contribution in [-0.2, 0) is 17.8 Å². The number of nitrogens with zero attached hydrogens (tertiary/aromatic N) is 3. The number of nitrogen functional groups attached to an aromatic ring is 1. The normalized spacial score (nSPS) is 10.2. The number of pyridine rings is 1. The topological polar surface area (TPSA) is 85.8 Å². The molecule has 0 aliphatic heterocycles. The number of aromatic nitrogens is 3. The number of amides is 1. The molecule has 2 aromatic heterocycles. The summed E-state index contributed by atoms with van der Waals surface area (Å²) in [5, 5.41) is 6.75. The number of hydrogen-bond acceptors (Lipinski definition) is 4. The van der Waals surface area contributed by atoms with Crippen molar-refractivity contribution in [1.82, 2.24) is 20.1 Å². The molecule has 6 heteroatoms. The molecule has 0 fully saturated rings. The Morgan fingerprint density at radius 3 is 3.00 bits per heavy atom. The predicted octanol–water partition coefficient (Wildman–Crippen LogP) is 0.219. The van der Waals surface area contributed by atoms with Gasteiger partial charge in [0, 0.05) is 31.1 Å². The highest BCUT2D eigenvalue weighted by molar-refractivity contribution is 5.75. The third-order valence-electron chi connectivity index (χ3n) is 2.39. The molecular weight excluding hydrogens is 230 g/mol. The molecule has 0 aliphatic carbocycles. The molecule has 0 radical (unpaired) electrons. The average molecular weight is 245 g/mol. The quantitative estimate of drug-likeness (QED) is 0.789. The van der Waals surface area contributed by atoms with E-state index in [2.05, 4.69) is 15.4 Å². The van der Waals surface area contributed by atoms with Crippen molar-refractivity contribution in [3.63, 3.8) is 0 Å². The lowest BCUT2D eigenvalue weighted by Gasteiger charge is -2.04. The Hall–Kier alpha value is -2.37. The van der Waals surface area contributed by atoms with Crippen LogP contribution in [0.3, 0.4) is 0 Å². The van der Waals surface area contributed by atoms with Crippen molar-refractivity contribution in [2.45, 2.75) is 13.0 Å². The van der Waals surface area contributed by atoms with Gasteiger partial charge in [-0.05, 0) is 12.1 Å².